The van der Waals surface area contributed by atoms with Crippen molar-refractivity contribution in [2.75, 3.05) is 5.73 Å². The first-order valence-corrected chi connectivity index (χ1v) is 3.84. The highest BCUT2D eigenvalue weighted by Gasteiger charge is 1.89. The second kappa shape index (κ2) is 5.27. The van der Waals surface area contributed by atoms with Gasteiger partial charge in [0.2, 0.25) is 6.33 Å². The molecule has 0 bridgehead atoms. The third-order valence-electron chi connectivity index (χ3n) is 1.24. The van der Waals surface area contributed by atoms with Gasteiger partial charge in [-0.05, 0) is 5.10 Å². The molecule has 15 heavy (non-hydrogen) atoms. The first-order chi connectivity index (χ1) is 7.20. The number of hydrogen-bond donors (Lipinski definition) is 2. The van der Waals surface area contributed by atoms with Crippen LogP contribution in [0.2, 0.25) is 0 Å². The zero-order valence-electron chi connectivity index (χ0n) is 7.54. The van der Waals surface area contributed by atoms with Crippen LogP contribution in [0.5, 0.6) is 0 Å². The van der Waals surface area contributed by atoms with Crippen LogP contribution in [0.4, 0.5) is 5.95 Å². The number of hydrogen-bond acceptors (Lipinski definition) is 6. The van der Waals surface area contributed by atoms with Crippen molar-refractivity contribution in [2.24, 2.45) is 0 Å². The van der Waals surface area contributed by atoms with E-state index in [1.54, 1.807) is 0 Å². The Morgan fingerprint density at radius 1 is 1.53 bits per heavy atom. The highest BCUT2D eigenvalue weighted by Crippen LogP contribution is 1.84. The number of nitrogen functional groups attached to an aromatic ring is 1. The lowest BCUT2D eigenvalue weighted by atomic mass is 10.5. The van der Waals surface area contributed by atoms with E-state index in [-0.39, 0.29) is 5.69 Å². The molecule has 2 rings (SSSR count). The van der Waals surface area contributed by atoms with Gasteiger partial charge in [0.25, 0.3) is 0 Å². The van der Waals surface area contributed by atoms with Gasteiger partial charge in [-0.1, -0.05) is 0 Å². The van der Waals surface area contributed by atoms with Crippen LogP contribution in [0.3, 0.4) is 0 Å². The standard InChI is InChI=1S/C5H4N2O2.C2H4N4/c8-5(9)4-3-6-1-2-7-4;3-2-4-1-5-6-2/h1-3H,(H,8,9);1H,(H3,3,4,5,6). The van der Waals surface area contributed by atoms with Gasteiger partial charge in [-0.3, -0.25) is 9.97 Å². The summed E-state index contributed by atoms with van der Waals surface area (Å²) in [7, 11) is 0. The summed E-state index contributed by atoms with van der Waals surface area (Å²) in [6.07, 6.45) is 5.31. The summed E-state index contributed by atoms with van der Waals surface area (Å²) >= 11 is 0. The van der Waals surface area contributed by atoms with E-state index >= 15 is 0 Å². The summed E-state index contributed by atoms with van der Waals surface area (Å²) in [6.45, 7) is 0. The summed E-state index contributed by atoms with van der Waals surface area (Å²) in [5, 5.41) is 16.0. The number of nitrogens with one attached hydrogen (secondary N) is 2. The van der Waals surface area contributed by atoms with Crippen LogP contribution in [0, 0.1) is 0 Å². The monoisotopic (exact) mass is 208 g/mol. The number of aromatic nitrogens is 5. The van der Waals surface area contributed by atoms with Crippen LogP contribution < -0.4 is 15.8 Å². The molecule has 0 saturated heterocycles. The molecule has 0 radical (unpaired) electrons. The number of aromatic amines is 2. The summed E-state index contributed by atoms with van der Waals surface area (Å²) in [6, 6.07) is 0. The molecule has 2 aromatic rings. The fraction of sp³-hybridized carbons (Fsp3) is 0. The predicted molar refractivity (Wildman–Crippen MR) is 45.9 cm³/mol. The molecular formula is C7H8N6O2. The molecule has 0 aliphatic carbocycles. The second-order valence-corrected chi connectivity index (χ2v) is 2.31. The van der Waals surface area contributed by atoms with Gasteiger partial charge in [-0.2, -0.15) is 0 Å². The topological polar surface area (TPSA) is 135 Å². The number of carbonyl (C=O) groups excluding carboxylic acids is 1. The molecule has 0 saturated carbocycles. The predicted octanol–water partition coefficient (Wildman–Crippen LogP) is -2.35. The van der Waals surface area contributed by atoms with Crippen LogP contribution in [0.25, 0.3) is 0 Å². The number of carbonyl (C=O) groups is 1. The minimum atomic E-state index is -1.30. The van der Waals surface area contributed by atoms with Crippen molar-refractivity contribution in [1.29, 1.82) is 0 Å². The van der Waals surface area contributed by atoms with Gasteiger partial charge in [-0.15, -0.1) is 5.10 Å². The fourth-order valence-electron chi connectivity index (χ4n) is 0.640. The Bertz CT molecular complexity index is 401. The molecule has 78 valence electrons. The van der Waals surface area contributed by atoms with Gasteiger partial charge in [0, 0.05) is 12.4 Å². The zero-order chi connectivity index (χ0) is 11.1. The molecular weight excluding hydrogens is 200 g/mol. The normalized spacial score (nSPS) is 8.80. The van der Waals surface area contributed by atoms with Gasteiger partial charge in [0.15, 0.2) is 0 Å². The van der Waals surface area contributed by atoms with Gasteiger partial charge in [0.05, 0.1) is 12.2 Å². The minimum Gasteiger partial charge on any atom is -0.543 e. The molecule has 0 aliphatic heterocycles. The molecule has 0 amide bonds. The zero-order valence-corrected chi connectivity index (χ0v) is 7.54. The maximum absolute atomic E-state index is 9.99. The van der Waals surface area contributed by atoms with E-state index in [4.69, 9.17) is 5.73 Å². The first kappa shape index (κ1) is 10.6. The van der Waals surface area contributed by atoms with Gasteiger partial charge >= 0.3 is 5.95 Å². The number of rotatable bonds is 1. The van der Waals surface area contributed by atoms with Crippen molar-refractivity contribution in [3.63, 3.8) is 0 Å². The molecule has 8 nitrogen and oxygen atoms in total. The third-order valence-corrected chi connectivity index (χ3v) is 1.24. The average Bonchev–Trinajstić information content (AvgIpc) is 2.71. The number of nitrogens with zero attached hydrogens (tertiary/aromatic N) is 3. The molecule has 0 fully saturated rings. The highest BCUT2D eigenvalue weighted by atomic mass is 16.4. The Balaban J connectivity index is 0.000000162. The average molecular weight is 208 g/mol. The summed E-state index contributed by atoms with van der Waals surface area (Å²) in [5.74, 6) is -0.821. The molecule has 2 heterocycles. The Morgan fingerprint density at radius 2 is 2.33 bits per heavy atom. The van der Waals surface area contributed by atoms with Crippen molar-refractivity contribution in [3.8, 4) is 0 Å². The van der Waals surface area contributed by atoms with E-state index in [1.807, 2.05) is 0 Å². The largest absolute Gasteiger partial charge is 0.543 e. The van der Waals surface area contributed by atoms with Crippen LogP contribution in [0.1, 0.15) is 10.5 Å². The van der Waals surface area contributed by atoms with Crippen molar-refractivity contribution < 1.29 is 14.9 Å². The number of anilines is 1. The number of nitrogens with two attached hydrogens (primary N) is 1. The molecule has 0 aromatic carbocycles. The van der Waals surface area contributed by atoms with E-state index in [1.165, 1.54) is 18.7 Å². The summed E-state index contributed by atoms with van der Waals surface area (Å²) in [4.78, 5) is 19.6. The highest BCUT2D eigenvalue weighted by molar-refractivity contribution is 5.82. The Morgan fingerprint density at radius 3 is 2.60 bits per heavy atom. The summed E-state index contributed by atoms with van der Waals surface area (Å²) in [5.41, 5.74) is 4.96. The van der Waals surface area contributed by atoms with Gasteiger partial charge in [0.1, 0.15) is 5.69 Å². The van der Waals surface area contributed by atoms with Crippen molar-refractivity contribution in [2.45, 2.75) is 0 Å². The van der Waals surface area contributed by atoms with Crippen molar-refractivity contribution in [3.05, 3.63) is 30.6 Å². The van der Waals surface area contributed by atoms with Crippen LogP contribution in [0.15, 0.2) is 24.9 Å². The molecule has 4 N–H and O–H groups in total. The Hall–Kier alpha value is -2.51. The summed E-state index contributed by atoms with van der Waals surface area (Å²) < 4.78 is 0. The molecule has 8 heteroatoms. The van der Waals surface area contributed by atoms with E-state index in [9.17, 15) is 9.90 Å². The van der Waals surface area contributed by atoms with Crippen LogP contribution in [-0.2, 0) is 0 Å². The maximum atomic E-state index is 9.99. The van der Waals surface area contributed by atoms with E-state index in [0.29, 0.717) is 5.95 Å². The lowest BCUT2D eigenvalue weighted by Crippen LogP contribution is -2.23. The number of H-pyrrole nitrogens is 2. The second-order valence-electron chi connectivity index (χ2n) is 2.31. The molecule has 0 spiro atoms. The van der Waals surface area contributed by atoms with Crippen LogP contribution >= 0.6 is 0 Å². The Labute approximate surface area is 84.2 Å². The van der Waals surface area contributed by atoms with E-state index in [2.05, 4.69) is 25.1 Å². The quantitative estimate of drug-likeness (QED) is 0.538. The lowest BCUT2D eigenvalue weighted by Gasteiger charge is -1.95. The number of carboxylic acids is 1. The van der Waals surface area contributed by atoms with E-state index < -0.39 is 5.97 Å². The lowest BCUT2D eigenvalue weighted by molar-refractivity contribution is -0.360. The molecule has 2 aromatic heterocycles. The smallest absolute Gasteiger partial charge is 0.337 e. The fourth-order valence-corrected chi connectivity index (χ4v) is 0.640. The van der Waals surface area contributed by atoms with Crippen LogP contribution in [-0.4, -0.2) is 26.1 Å². The molecule has 0 aliphatic rings. The van der Waals surface area contributed by atoms with E-state index in [0.717, 1.165) is 6.20 Å². The maximum Gasteiger partial charge on any atom is 0.337 e. The number of aromatic carboxylic acids is 1. The SMILES string of the molecule is Nc1[nH]nc[nH+]1.O=C([O-])c1cnccn1. The Kier molecular flexibility index (Phi) is 3.71. The minimum absolute atomic E-state index is 0.141. The first-order valence-electron chi connectivity index (χ1n) is 3.84. The molecule has 0 atom stereocenters. The number of carboxylic acid groups (broad SMARTS) is 1. The van der Waals surface area contributed by atoms with Crippen molar-refractivity contribution >= 4 is 11.9 Å². The van der Waals surface area contributed by atoms with Gasteiger partial charge < -0.3 is 15.6 Å². The third kappa shape index (κ3) is 3.81. The van der Waals surface area contributed by atoms with Gasteiger partial charge in [-0.25, -0.2) is 4.98 Å². The van der Waals surface area contributed by atoms with Crippen molar-refractivity contribution in [1.82, 2.24) is 20.2 Å². The molecule has 0 unspecified atom stereocenters.